The molecule has 0 bridgehead atoms. The van der Waals surface area contributed by atoms with E-state index in [9.17, 15) is 53.7 Å². The van der Waals surface area contributed by atoms with Crippen molar-refractivity contribution < 1.29 is 72.8 Å². The molecule has 2 aliphatic rings. The second-order valence-corrected chi connectivity index (χ2v) is 29.4. The molecule has 1 aliphatic carbocycles. The summed E-state index contributed by atoms with van der Waals surface area (Å²) in [4.78, 5) is 161. The predicted octanol–water partition coefficient (Wildman–Crippen LogP) is 3.04. The van der Waals surface area contributed by atoms with E-state index in [0.29, 0.717) is 28.1 Å². The Morgan fingerprint density at radius 3 is 2.09 bits per heavy atom. The first-order chi connectivity index (χ1) is 46.7. The molecule has 6 rings (SSSR count). The number of hydrogen-bond donors (Lipinski definition) is 14. The number of nitrogens with zero attached hydrogens (tertiary/aromatic N) is 1. The summed E-state index contributed by atoms with van der Waals surface area (Å²) >= 11 is 0. The highest BCUT2D eigenvalue weighted by atomic mass is 33.1. The molecular weight excluding hydrogens is 1340 g/mol. The third-order valence-corrected chi connectivity index (χ3v) is 20.1. The maximum absolute atomic E-state index is 15.3. The molecule has 1 saturated heterocycles. The predicted molar refractivity (Wildman–Crippen MR) is 375 cm³/mol. The lowest BCUT2D eigenvalue weighted by molar-refractivity contribution is -0.137. The van der Waals surface area contributed by atoms with E-state index < -0.39 is 149 Å². The number of fused-ring (bicyclic) bond motifs is 1. The number of allylic oxidation sites excluding steroid dienone is 1. The molecule has 15 N–H and O–H groups in total. The number of urea groups is 1. The monoisotopic (exact) mass is 1430 g/mol. The molecule has 11 amide bonds. The van der Waals surface area contributed by atoms with Crippen molar-refractivity contribution >= 4 is 114 Å². The van der Waals surface area contributed by atoms with Gasteiger partial charge in [0, 0.05) is 61.7 Å². The van der Waals surface area contributed by atoms with Crippen LogP contribution in [-0.4, -0.2) is 182 Å². The van der Waals surface area contributed by atoms with Gasteiger partial charge in [-0.3, -0.25) is 43.2 Å². The van der Waals surface area contributed by atoms with E-state index in [1.165, 1.54) is 36.8 Å². The number of phenolic OH excluding ortho intramolecular Hbond substituents is 1. The van der Waals surface area contributed by atoms with Crippen LogP contribution in [0.15, 0.2) is 114 Å². The number of aliphatic hydroxyl groups excluding tert-OH is 2. The first-order valence-electron chi connectivity index (χ1n) is 32.0. The number of primary amides is 1. The zero-order chi connectivity index (χ0) is 71.5. The lowest BCUT2D eigenvalue weighted by atomic mass is 9.90. The first-order valence-corrected chi connectivity index (χ1v) is 36.8. The standard InChI is InChI=1S/C67H88N12O15S4/c1-7-69-65(92)77-48(32-40-17-9-8-10-18-40)60(87)74-50-35-95-96-37-52(62(89)79-55(38(2)80)63(90)75-51(57(68)84)36-97-98-54-22-14-16-29-70-54)76-64(91)56(39(3)81)78-59(86)47(21-13-15-30-71-66(93)94-67(4,5)6)72-61(88)49(33-43-26-25-42-19-11-12-20-46(42)43)73-58(85)44(34-53(50)83)31-41-23-27-45(82)28-24-41/h8-12,14,16-20,22-24,26-29,38-39,44,47-52,55-56,80-82H,7,13,15,21,25,30-37H2,1-6H3,(H2,68,84)(H,71,93)(H,72,88)(H,73,85)(H,74,87)(H,75,90)(H,76,91)(H,78,86)(H,79,89)(H2,69,77,92)/t38-,39-,44-,47+,48-,49-,50+,51+,52+,55+,56+/m1/s1. The van der Waals surface area contributed by atoms with Crippen LogP contribution in [0.25, 0.3) is 5.57 Å². The van der Waals surface area contributed by atoms with Crippen LogP contribution in [0, 0.1) is 5.92 Å². The second-order valence-electron chi connectivity index (χ2n) is 24.5. The van der Waals surface area contributed by atoms with Crippen molar-refractivity contribution in [2.24, 2.45) is 11.7 Å². The summed E-state index contributed by atoms with van der Waals surface area (Å²) in [5.41, 5.74) is 8.45. The minimum atomic E-state index is -1.87. The van der Waals surface area contributed by atoms with Gasteiger partial charge < -0.3 is 79.0 Å². The third-order valence-electron chi connectivity index (χ3n) is 15.4. The number of nitrogens with one attached hydrogen (secondary N) is 10. The van der Waals surface area contributed by atoms with E-state index in [2.05, 4.69) is 58.2 Å². The number of aliphatic hydroxyl groups is 2. The summed E-state index contributed by atoms with van der Waals surface area (Å²) in [5, 5.41) is 59.7. The SMILES string of the molecule is CCNC(=O)N[C@H](Cc1ccccc1)C(=O)N[C@H]1CSSC[C@@H](C(=O)N[C@H](C(=O)N[C@@H](CSSc2ccccn2)C(N)=O)[C@@H](C)O)NC(=O)[C@H]([C@@H](C)O)NC(=O)[C@H](CCCCNC(=O)OC(C)(C)C)NC(=O)[C@@H](CC2=CCc3ccccc32)NC(=O)[C@H](Cc2ccc(O)cc2)CC1=O. The summed E-state index contributed by atoms with van der Waals surface area (Å²) in [6.45, 7) is 9.42. The van der Waals surface area contributed by atoms with Crippen LogP contribution in [0.3, 0.4) is 0 Å². The lowest BCUT2D eigenvalue weighted by Crippen LogP contribution is -2.63. The van der Waals surface area contributed by atoms with Crippen LogP contribution in [0.2, 0.25) is 0 Å². The Bertz CT molecular complexity index is 3420. The minimum Gasteiger partial charge on any atom is -0.508 e. The number of pyridine rings is 1. The summed E-state index contributed by atoms with van der Waals surface area (Å²) in [7, 11) is 4.17. The number of carbonyl (C=O) groups excluding carboxylic acids is 11. The number of rotatable bonds is 26. The van der Waals surface area contributed by atoms with E-state index in [4.69, 9.17) is 10.5 Å². The van der Waals surface area contributed by atoms with Crippen molar-refractivity contribution in [1.82, 2.24) is 58.2 Å². The van der Waals surface area contributed by atoms with Crippen LogP contribution < -0.4 is 58.9 Å². The van der Waals surface area contributed by atoms with E-state index in [1.807, 2.05) is 30.3 Å². The smallest absolute Gasteiger partial charge is 0.407 e. The Labute approximate surface area is 585 Å². The number of Topliss-reactive ketones (excluding diaryl/α,β-unsaturated/α-hetero) is 1. The molecule has 31 heteroatoms. The van der Waals surface area contributed by atoms with Crippen molar-refractivity contribution in [2.45, 2.75) is 164 Å². The van der Waals surface area contributed by atoms with Gasteiger partial charge >= 0.3 is 12.1 Å². The number of amides is 11. The Kier molecular flexibility index (Phi) is 31.5. The fourth-order valence-electron chi connectivity index (χ4n) is 10.3. The number of hydrogen-bond acceptors (Lipinski definition) is 20. The molecule has 3 aromatic carbocycles. The largest absolute Gasteiger partial charge is 0.508 e. The molecule has 2 heterocycles. The lowest BCUT2D eigenvalue weighted by Gasteiger charge is -2.29. The van der Waals surface area contributed by atoms with E-state index in [0.717, 1.165) is 43.5 Å². The average Bonchev–Trinajstić information content (AvgIpc) is 1.65. The Hall–Kier alpha value is -8.36. The molecule has 0 unspecified atom stereocenters. The van der Waals surface area contributed by atoms with E-state index >= 15 is 14.4 Å². The van der Waals surface area contributed by atoms with Gasteiger partial charge in [-0.15, -0.1) is 0 Å². The maximum atomic E-state index is 15.3. The van der Waals surface area contributed by atoms with Gasteiger partial charge in [0.25, 0.3) is 0 Å². The van der Waals surface area contributed by atoms with Gasteiger partial charge in [-0.1, -0.05) is 111 Å². The molecule has 0 radical (unpaired) electrons. The van der Waals surface area contributed by atoms with Crippen LogP contribution in [0.4, 0.5) is 9.59 Å². The quantitative estimate of drug-likeness (QED) is 0.0317. The first kappa shape index (κ1) is 78.6. The number of phenols is 1. The summed E-state index contributed by atoms with van der Waals surface area (Å²) in [6.07, 6.45) is -0.736. The van der Waals surface area contributed by atoms with Gasteiger partial charge in [-0.2, -0.15) is 0 Å². The highest BCUT2D eigenvalue weighted by Crippen LogP contribution is 2.32. The van der Waals surface area contributed by atoms with E-state index in [1.54, 1.807) is 94.6 Å². The van der Waals surface area contributed by atoms with Crippen molar-refractivity contribution in [2.75, 3.05) is 30.3 Å². The van der Waals surface area contributed by atoms with Gasteiger partial charge in [0.15, 0.2) is 5.78 Å². The highest BCUT2D eigenvalue weighted by molar-refractivity contribution is 8.77. The Balaban J connectivity index is 1.41. The number of ketones is 1. The van der Waals surface area contributed by atoms with Crippen LogP contribution in [0.1, 0.15) is 95.9 Å². The molecule has 530 valence electrons. The molecule has 27 nitrogen and oxygen atoms in total. The number of aromatic hydroxyl groups is 1. The normalized spacial score (nSPS) is 20.4. The Morgan fingerprint density at radius 2 is 1.42 bits per heavy atom. The number of alkyl carbamates (subject to hydrolysis) is 1. The number of aromatic nitrogens is 1. The molecule has 0 spiro atoms. The number of nitrogens with two attached hydrogens (primary N) is 1. The second kappa shape index (κ2) is 39.3. The minimum absolute atomic E-state index is 0.0297. The zero-order valence-electron chi connectivity index (χ0n) is 55.3. The zero-order valence-corrected chi connectivity index (χ0v) is 58.6. The number of unbranched alkanes of at least 4 members (excludes halogenated alkanes) is 1. The van der Waals surface area contributed by atoms with Crippen molar-refractivity contribution in [1.29, 1.82) is 0 Å². The fourth-order valence-corrected chi connectivity index (χ4v) is 14.7. The molecule has 1 aromatic heterocycles. The molecule has 1 aliphatic heterocycles. The van der Waals surface area contributed by atoms with Gasteiger partial charge in [0.2, 0.25) is 47.3 Å². The molecule has 11 atom stereocenters. The molecule has 0 saturated carbocycles. The molecule has 98 heavy (non-hydrogen) atoms. The van der Waals surface area contributed by atoms with Crippen LogP contribution in [0.5, 0.6) is 5.75 Å². The topological polar surface area (TPSA) is 417 Å². The van der Waals surface area contributed by atoms with Crippen molar-refractivity contribution in [3.63, 3.8) is 0 Å². The number of carbonyl (C=O) groups is 11. The summed E-state index contributed by atoms with van der Waals surface area (Å²) in [6, 6.07) is 14.2. The van der Waals surface area contributed by atoms with Gasteiger partial charge in [-0.05, 0) is 137 Å². The molecular formula is C67H88N12O15S4. The van der Waals surface area contributed by atoms with Crippen molar-refractivity contribution in [3.8, 4) is 5.75 Å². The van der Waals surface area contributed by atoms with Crippen LogP contribution >= 0.6 is 43.2 Å². The highest BCUT2D eigenvalue weighted by Gasteiger charge is 2.39. The summed E-state index contributed by atoms with van der Waals surface area (Å²) < 4.78 is 5.37. The Morgan fingerprint density at radius 1 is 0.735 bits per heavy atom. The molecule has 4 aromatic rings. The number of benzene rings is 3. The van der Waals surface area contributed by atoms with E-state index in [-0.39, 0.29) is 68.9 Å². The van der Waals surface area contributed by atoms with Crippen LogP contribution in [-0.2, 0) is 67.2 Å². The average molecular weight is 1430 g/mol. The van der Waals surface area contributed by atoms with Gasteiger partial charge in [0.1, 0.15) is 58.7 Å². The summed E-state index contributed by atoms with van der Waals surface area (Å²) in [5.74, 6) is -10.5. The maximum Gasteiger partial charge on any atom is 0.407 e. The van der Waals surface area contributed by atoms with Gasteiger partial charge in [0.05, 0.1) is 18.2 Å². The third kappa shape index (κ3) is 26.1. The molecule has 1 fully saturated rings. The fraction of sp³-hybridized carbons (Fsp3) is 0.463. The number of ether oxygens (including phenoxy) is 1. The van der Waals surface area contributed by atoms with Gasteiger partial charge in [-0.25, -0.2) is 14.6 Å². The van der Waals surface area contributed by atoms with Crippen molar-refractivity contribution in [3.05, 3.63) is 132 Å².